The number of amides is 1. The second kappa shape index (κ2) is 8.84. The van der Waals surface area contributed by atoms with Gasteiger partial charge in [0.2, 0.25) is 5.91 Å². The normalized spacial score (nSPS) is 12.0. The maximum atomic E-state index is 11.9. The van der Waals surface area contributed by atoms with Crippen LogP contribution in [0.15, 0.2) is 18.2 Å². The van der Waals surface area contributed by atoms with E-state index in [-0.39, 0.29) is 11.4 Å². The number of carbonyl (C=O) groups excluding carboxylic acids is 1. The van der Waals surface area contributed by atoms with Gasteiger partial charge in [0.05, 0.1) is 22.2 Å². The first-order valence-electron chi connectivity index (χ1n) is 6.35. The van der Waals surface area contributed by atoms with Gasteiger partial charge in [-0.25, -0.2) is 0 Å². The van der Waals surface area contributed by atoms with Gasteiger partial charge in [0.25, 0.3) is 0 Å². The molecule has 0 unspecified atom stereocenters. The lowest BCUT2D eigenvalue weighted by atomic mass is 10.2. The topological polar surface area (TPSA) is 104 Å². The molecule has 5 N–H and O–H groups in total. The fourth-order valence-electron chi connectivity index (χ4n) is 1.61. The monoisotopic (exact) mass is 333 g/mol. The number of carboxylic acid groups (broad SMARTS) is 1. The van der Waals surface area contributed by atoms with Gasteiger partial charge < -0.3 is 21.5 Å². The highest BCUT2D eigenvalue weighted by Crippen LogP contribution is 2.29. The summed E-state index contributed by atoms with van der Waals surface area (Å²) in [6, 6.07) is 3.84. The Hall–Kier alpha value is -1.34. The molecule has 1 aromatic rings. The summed E-state index contributed by atoms with van der Waals surface area (Å²) in [5.74, 6) is -1.56. The van der Waals surface area contributed by atoms with Crippen molar-refractivity contribution in [1.82, 2.24) is 5.32 Å². The molecule has 0 saturated heterocycles. The molecule has 21 heavy (non-hydrogen) atoms. The predicted octanol–water partition coefficient (Wildman–Crippen LogP) is 1.71. The molecule has 0 aliphatic heterocycles. The lowest BCUT2D eigenvalue weighted by molar-refractivity contribution is -0.141. The highest BCUT2D eigenvalue weighted by atomic mass is 35.5. The van der Waals surface area contributed by atoms with E-state index in [2.05, 4.69) is 10.6 Å². The molecule has 8 heteroatoms. The molecule has 0 spiro atoms. The number of nitrogens with one attached hydrogen (secondary N) is 2. The lowest BCUT2D eigenvalue weighted by Crippen LogP contribution is -2.40. The van der Waals surface area contributed by atoms with Crippen LogP contribution in [0.3, 0.4) is 0 Å². The molecule has 1 amide bonds. The smallest absolute Gasteiger partial charge is 0.321 e. The van der Waals surface area contributed by atoms with E-state index in [9.17, 15) is 9.59 Å². The molecular formula is C13H17Cl2N3O3. The van der Waals surface area contributed by atoms with E-state index in [1.54, 1.807) is 18.2 Å². The van der Waals surface area contributed by atoms with Crippen LogP contribution >= 0.6 is 23.2 Å². The van der Waals surface area contributed by atoms with Gasteiger partial charge >= 0.3 is 5.97 Å². The number of anilines is 1. The first-order valence-corrected chi connectivity index (χ1v) is 7.11. The van der Waals surface area contributed by atoms with Gasteiger partial charge in [-0.05, 0) is 31.6 Å². The van der Waals surface area contributed by atoms with Crippen molar-refractivity contribution in [2.45, 2.75) is 18.9 Å². The summed E-state index contributed by atoms with van der Waals surface area (Å²) >= 11 is 11.8. The highest BCUT2D eigenvalue weighted by Gasteiger charge is 2.21. The van der Waals surface area contributed by atoms with Gasteiger partial charge in [0, 0.05) is 0 Å². The maximum Gasteiger partial charge on any atom is 0.321 e. The quantitative estimate of drug-likeness (QED) is 0.542. The fraction of sp³-hybridized carbons (Fsp3) is 0.385. The van der Waals surface area contributed by atoms with Crippen LogP contribution in [0, 0.1) is 0 Å². The minimum absolute atomic E-state index is 0.218. The summed E-state index contributed by atoms with van der Waals surface area (Å²) in [7, 11) is 0. The first kappa shape index (κ1) is 17.7. The van der Waals surface area contributed by atoms with Gasteiger partial charge in [-0.3, -0.25) is 9.59 Å². The van der Waals surface area contributed by atoms with Crippen molar-refractivity contribution in [3.8, 4) is 0 Å². The Labute approximate surface area is 132 Å². The van der Waals surface area contributed by atoms with Crippen molar-refractivity contribution >= 4 is 40.8 Å². The molecular weight excluding hydrogens is 317 g/mol. The zero-order valence-corrected chi connectivity index (χ0v) is 12.7. The van der Waals surface area contributed by atoms with Crippen molar-refractivity contribution in [2.24, 2.45) is 5.73 Å². The van der Waals surface area contributed by atoms with Crippen LogP contribution in [0.25, 0.3) is 0 Å². The van der Waals surface area contributed by atoms with Crippen LogP contribution in [0.4, 0.5) is 5.69 Å². The molecule has 0 bridgehead atoms. The predicted molar refractivity (Wildman–Crippen MR) is 82.8 cm³/mol. The number of carboxylic acids is 1. The maximum absolute atomic E-state index is 11.9. The Balaban J connectivity index is 2.61. The van der Waals surface area contributed by atoms with Crippen molar-refractivity contribution < 1.29 is 14.7 Å². The van der Waals surface area contributed by atoms with Gasteiger partial charge in [-0.15, -0.1) is 0 Å². The summed E-state index contributed by atoms with van der Waals surface area (Å²) in [6.45, 7) is 0.877. The van der Waals surface area contributed by atoms with Crippen molar-refractivity contribution in [2.75, 3.05) is 18.4 Å². The van der Waals surface area contributed by atoms with Crippen LogP contribution in [-0.2, 0) is 9.59 Å². The third kappa shape index (κ3) is 5.89. The number of hydrogen-bond donors (Lipinski definition) is 4. The second-order valence-corrected chi connectivity index (χ2v) is 5.13. The summed E-state index contributed by atoms with van der Waals surface area (Å²) in [6.07, 6.45) is 0.411. The number of nitrogens with two attached hydrogens (primary N) is 1. The Bertz CT molecular complexity index is 511. The van der Waals surface area contributed by atoms with Gasteiger partial charge in [-0.1, -0.05) is 29.3 Å². The Kier molecular flexibility index (Phi) is 7.45. The Morgan fingerprint density at radius 2 is 2.05 bits per heavy atom. The molecule has 0 aromatic heterocycles. The van der Waals surface area contributed by atoms with Crippen LogP contribution < -0.4 is 16.4 Å². The third-order valence-electron chi connectivity index (χ3n) is 2.68. The molecule has 1 rings (SSSR count). The summed E-state index contributed by atoms with van der Waals surface area (Å²) in [4.78, 5) is 23.0. The Morgan fingerprint density at radius 3 is 2.67 bits per heavy atom. The highest BCUT2D eigenvalue weighted by molar-refractivity contribution is 6.43. The molecule has 0 fully saturated rings. The molecule has 116 valence electrons. The minimum atomic E-state index is -1.10. The number of aliphatic carboxylic acids is 1. The lowest BCUT2D eigenvalue weighted by Gasteiger charge is -2.14. The number of carbonyl (C=O) groups is 2. The number of rotatable bonds is 8. The van der Waals surface area contributed by atoms with Crippen LogP contribution in [-0.4, -0.2) is 36.1 Å². The van der Waals surface area contributed by atoms with Crippen molar-refractivity contribution in [3.63, 3.8) is 0 Å². The summed E-state index contributed by atoms with van der Waals surface area (Å²) in [5, 5.41) is 14.9. The van der Waals surface area contributed by atoms with Gasteiger partial charge in [0.1, 0.15) is 6.04 Å². The standard InChI is InChI=1S/C13H17Cl2N3O3/c14-8-3-1-4-9(12(8)15)18-11(19)7-10(13(20)21)17-6-2-5-16/h1,3-4,10,17H,2,5-7,16H2,(H,18,19)(H,20,21)/t10-/m0/s1. The van der Waals surface area contributed by atoms with Crippen molar-refractivity contribution in [3.05, 3.63) is 28.2 Å². The molecule has 0 aliphatic rings. The first-order chi connectivity index (χ1) is 9.95. The van der Waals surface area contributed by atoms with E-state index < -0.39 is 17.9 Å². The SMILES string of the molecule is NCCCN[C@@H](CC(=O)Nc1cccc(Cl)c1Cl)C(=O)O. The van der Waals surface area contributed by atoms with Crippen LogP contribution in [0.1, 0.15) is 12.8 Å². The average molecular weight is 334 g/mol. The zero-order valence-electron chi connectivity index (χ0n) is 11.2. The molecule has 0 aliphatic carbocycles. The molecule has 0 heterocycles. The largest absolute Gasteiger partial charge is 0.480 e. The van der Waals surface area contributed by atoms with Crippen LogP contribution in [0.2, 0.25) is 10.0 Å². The van der Waals surface area contributed by atoms with E-state index in [4.69, 9.17) is 34.0 Å². The molecule has 1 aromatic carbocycles. The molecule has 0 saturated carbocycles. The van der Waals surface area contributed by atoms with E-state index in [0.717, 1.165) is 0 Å². The molecule has 0 radical (unpaired) electrons. The van der Waals surface area contributed by atoms with E-state index in [0.29, 0.717) is 30.2 Å². The third-order valence-corrected chi connectivity index (χ3v) is 3.50. The number of benzene rings is 1. The minimum Gasteiger partial charge on any atom is -0.480 e. The van der Waals surface area contributed by atoms with E-state index >= 15 is 0 Å². The second-order valence-electron chi connectivity index (χ2n) is 4.34. The average Bonchev–Trinajstić information content (AvgIpc) is 2.43. The number of halogens is 2. The molecule has 6 nitrogen and oxygen atoms in total. The van der Waals surface area contributed by atoms with Gasteiger partial charge in [-0.2, -0.15) is 0 Å². The summed E-state index contributed by atoms with van der Waals surface area (Å²) in [5.41, 5.74) is 5.68. The van der Waals surface area contributed by atoms with Crippen molar-refractivity contribution in [1.29, 1.82) is 0 Å². The zero-order chi connectivity index (χ0) is 15.8. The molecule has 1 atom stereocenters. The van der Waals surface area contributed by atoms with Crippen LogP contribution in [0.5, 0.6) is 0 Å². The Morgan fingerprint density at radius 1 is 1.33 bits per heavy atom. The number of hydrogen-bond acceptors (Lipinski definition) is 4. The summed E-state index contributed by atoms with van der Waals surface area (Å²) < 4.78 is 0. The van der Waals surface area contributed by atoms with Gasteiger partial charge in [0.15, 0.2) is 0 Å². The van der Waals surface area contributed by atoms with E-state index in [1.807, 2.05) is 0 Å². The fourth-order valence-corrected chi connectivity index (χ4v) is 1.96. The van der Waals surface area contributed by atoms with E-state index in [1.165, 1.54) is 0 Å².